The predicted molar refractivity (Wildman–Crippen MR) is 146 cm³/mol. The summed E-state index contributed by atoms with van der Waals surface area (Å²) in [6.45, 7) is 2.00. The Morgan fingerprint density at radius 2 is 1.71 bits per heavy atom. The molecule has 6 heterocycles. The maximum absolute atomic E-state index is 13.3. The Bertz CT molecular complexity index is 1640. The third-order valence-electron chi connectivity index (χ3n) is 7.17. The second-order valence-electron chi connectivity index (χ2n) is 9.52. The van der Waals surface area contributed by atoms with Gasteiger partial charge >= 0.3 is 0 Å². The third-order valence-corrected chi connectivity index (χ3v) is 7.17. The second kappa shape index (κ2) is 9.23. The molecule has 1 fully saturated rings. The number of fused-ring (bicyclic) bond motifs is 3. The molecule has 5 aromatic rings. The van der Waals surface area contributed by atoms with E-state index < -0.39 is 0 Å². The molecule has 8 rings (SSSR count). The zero-order valence-electron chi connectivity index (χ0n) is 20.5. The van der Waals surface area contributed by atoms with Crippen molar-refractivity contribution in [1.82, 2.24) is 19.9 Å². The van der Waals surface area contributed by atoms with Gasteiger partial charge in [-0.05, 0) is 43.2 Å². The second-order valence-corrected chi connectivity index (χ2v) is 9.52. The van der Waals surface area contributed by atoms with Crippen molar-refractivity contribution in [2.24, 2.45) is 0 Å². The van der Waals surface area contributed by atoms with Gasteiger partial charge in [0.15, 0.2) is 0 Å². The number of hydrogen-bond donors (Lipinski definition) is 1. The van der Waals surface area contributed by atoms with E-state index in [1.807, 2.05) is 60.7 Å². The van der Waals surface area contributed by atoms with E-state index in [2.05, 4.69) is 20.2 Å². The zero-order chi connectivity index (χ0) is 25.5. The smallest absolute Gasteiger partial charge is 0.294 e. The predicted octanol–water partition coefficient (Wildman–Crippen LogP) is 5.83. The number of benzene rings is 2. The average molecular weight is 501 g/mol. The number of carbonyl (C=O) groups is 1. The fraction of sp³-hybridized carbons (Fsp3) is 0.167. The Labute approximate surface area is 219 Å². The maximum atomic E-state index is 13.3. The van der Waals surface area contributed by atoms with Crippen molar-refractivity contribution in [1.29, 1.82) is 0 Å². The van der Waals surface area contributed by atoms with Crippen LogP contribution in [0.1, 0.15) is 35.1 Å². The van der Waals surface area contributed by atoms with E-state index in [4.69, 9.17) is 14.7 Å². The van der Waals surface area contributed by atoms with Crippen LogP contribution >= 0.6 is 0 Å². The lowest BCUT2D eigenvalue weighted by molar-refractivity contribution is 0.101. The molecule has 0 aliphatic carbocycles. The number of nitrogens with one attached hydrogen (secondary N) is 1. The van der Waals surface area contributed by atoms with Crippen LogP contribution in [0.2, 0.25) is 0 Å². The summed E-state index contributed by atoms with van der Waals surface area (Å²) >= 11 is 0. The molecular weight excluding hydrogens is 476 g/mol. The number of ether oxygens (including phenoxy) is 1. The quantitative estimate of drug-likeness (QED) is 0.325. The maximum Gasteiger partial charge on any atom is 0.294 e. The summed E-state index contributed by atoms with van der Waals surface area (Å²) in [6.07, 6.45) is 5.40. The van der Waals surface area contributed by atoms with Gasteiger partial charge in [-0.15, -0.1) is 0 Å². The van der Waals surface area contributed by atoms with E-state index in [0.717, 1.165) is 59.5 Å². The van der Waals surface area contributed by atoms with E-state index in [1.165, 1.54) is 0 Å². The van der Waals surface area contributed by atoms with Gasteiger partial charge in [0.1, 0.15) is 17.3 Å². The summed E-state index contributed by atoms with van der Waals surface area (Å²) in [6, 6.07) is 23.1. The normalized spacial score (nSPS) is 14.4. The first kappa shape index (κ1) is 22.4. The van der Waals surface area contributed by atoms with Gasteiger partial charge in [-0.25, -0.2) is 15.0 Å². The van der Waals surface area contributed by atoms with Crippen molar-refractivity contribution in [3.05, 3.63) is 96.7 Å². The molecule has 1 saturated heterocycles. The first-order chi connectivity index (χ1) is 18.7. The van der Waals surface area contributed by atoms with Crippen LogP contribution in [-0.4, -0.2) is 38.9 Å². The molecule has 0 unspecified atom stereocenters. The Morgan fingerprint density at radius 1 is 0.895 bits per heavy atom. The van der Waals surface area contributed by atoms with Crippen LogP contribution in [0.15, 0.2) is 85.2 Å². The van der Waals surface area contributed by atoms with Crippen molar-refractivity contribution >= 4 is 28.3 Å². The topological polar surface area (TPSA) is 93.1 Å². The van der Waals surface area contributed by atoms with Crippen LogP contribution < -0.4 is 15.0 Å². The highest BCUT2D eigenvalue weighted by molar-refractivity contribution is 6.02. The minimum atomic E-state index is -0.386. The van der Waals surface area contributed by atoms with E-state index in [0.29, 0.717) is 23.2 Å². The third kappa shape index (κ3) is 4.00. The molecule has 3 aromatic heterocycles. The highest BCUT2D eigenvalue weighted by atomic mass is 16.5. The monoisotopic (exact) mass is 500 g/mol. The standard InChI is InChI=1S/C30H24N6O2/c37-30(33-25-11-10-21(18-32-25)38-24-12-15-31-23-9-5-4-8-22(23)24)29-34-26(19-6-2-1-3-7-19)28-27(35-29)20-13-16-36(28)17-14-20/h1-12,15,18,20H,13-14,16-17H2,(H,32,33,37). The fourth-order valence-corrected chi connectivity index (χ4v) is 5.32. The van der Waals surface area contributed by atoms with Gasteiger partial charge in [-0.2, -0.15) is 0 Å². The van der Waals surface area contributed by atoms with Crippen LogP contribution in [0.3, 0.4) is 0 Å². The molecule has 2 bridgehead atoms. The van der Waals surface area contributed by atoms with Crippen molar-refractivity contribution in [2.45, 2.75) is 18.8 Å². The number of piperidine rings is 1. The van der Waals surface area contributed by atoms with Gasteiger partial charge < -0.3 is 15.0 Å². The fourth-order valence-electron chi connectivity index (χ4n) is 5.32. The molecule has 8 nitrogen and oxygen atoms in total. The van der Waals surface area contributed by atoms with E-state index >= 15 is 0 Å². The van der Waals surface area contributed by atoms with Crippen molar-refractivity contribution in [3.8, 4) is 22.8 Å². The summed E-state index contributed by atoms with van der Waals surface area (Å²) < 4.78 is 6.05. The van der Waals surface area contributed by atoms with Crippen LogP contribution in [0.4, 0.5) is 11.5 Å². The highest BCUT2D eigenvalue weighted by Crippen LogP contribution is 2.45. The van der Waals surface area contributed by atoms with E-state index in [-0.39, 0.29) is 11.7 Å². The summed E-state index contributed by atoms with van der Waals surface area (Å²) in [7, 11) is 0. The van der Waals surface area contributed by atoms with Gasteiger partial charge in [0.05, 0.1) is 28.8 Å². The molecule has 2 aromatic carbocycles. The number of rotatable bonds is 5. The summed E-state index contributed by atoms with van der Waals surface area (Å²) in [4.78, 5) is 33.9. The minimum Gasteiger partial charge on any atom is -0.455 e. The van der Waals surface area contributed by atoms with Crippen LogP contribution in [0, 0.1) is 0 Å². The molecule has 1 N–H and O–H groups in total. The average Bonchev–Trinajstić information content (AvgIpc) is 2.99. The van der Waals surface area contributed by atoms with Crippen molar-refractivity contribution < 1.29 is 9.53 Å². The van der Waals surface area contributed by atoms with E-state index in [1.54, 1.807) is 24.5 Å². The highest BCUT2D eigenvalue weighted by Gasteiger charge is 2.36. The Hall–Kier alpha value is -4.85. The van der Waals surface area contributed by atoms with Gasteiger partial charge in [-0.1, -0.05) is 42.5 Å². The molecule has 3 aliphatic heterocycles. The largest absolute Gasteiger partial charge is 0.455 e. The molecule has 0 radical (unpaired) electrons. The number of anilines is 2. The number of pyridine rings is 2. The van der Waals surface area contributed by atoms with Crippen molar-refractivity contribution in [3.63, 3.8) is 0 Å². The first-order valence-electron chi connectivity index (χ1n) is 12.7. The van der Waals surface area contributed by atoms with Crippen molar-refractivity contribution in [2.75, 3.05) is 23.3 Å². The van der Waals surface area contributed by atoms with Gasteiger partial charge in [0.25, 0.3) is 5.91 Å². The molecule has 3 aliphatic rings. The number of amides is 1. The summed E-state index contributed by atoms with van der Waals surface area (Å²) in [5, 5.41) is 3.77. The van der Waals surface area contributed by atoms with E-state index in [9.17, 15) is 4.79 Å². The zero-order valence-corrected chi connectivity index (χ0v) is 20.5. The molecule has 0 spiro atoms. The van der Waals surface area contributed by atoms with Gasteiger partial charge in [-0.3, -0.25) is 9.78 Å². The molecule has 38 heavy (non-hydrogen) atoms. The molecule has 0 saturated carbocycles. The number of carbonyl (C=O) groups excluding carboxylic acids is 1. The van der Waals surface area contributed by atoms with Crippen LogP contribution in [0.25, 0.3) is 22.2 Å². The molecule has 186 valence electrons. The van der Waals surface area contributed by atoms with Gasteiger partial charge in [0.2, 0.25) is 5.82 Å². The number of aromatic nitrogens is 4. The number of para-hydroxylation sites is 1. The number of hydrogen-bond acceptors (Lipinski definition) is 7. The molecular formula is C30H24N6O2. The lowest BCUT2D eigenvalue weighted by Gasteiger charge is -2.42. The SMILES string of the molecule is O=C(Nc1ccc(Oc2ccnc3ccccc23)cn1)c1nc(-c2ccccc2)c2c(n1)C1CCN2CC1. The summed E-state index contributed by atoms with van der Waals surface area (Å²) in [5.74, 6) is 1.76. The molecule has 0 atom stereocenters. The Morgan fingerprint density at radius 3 is 2.53 bits per heavy atom. The van der Waals surface area contributed by atoms with Gasteiger partial charge in [0, 0.05) is 36.2 Å². The number of nitrogens with zero attached hydrogens (tertiary/aromatic N) is 5. The minimum absolute atomic E-state index is 0.154. The Kier molecular flexibility index (Phi) is 5.43. The first-order valence-corrected chi connectivity index (χ1v) is 12.7. The lowest BCUT2D eigenvalue weighted by Crippen LogP contribution is -2.40. The molecule has 1 amide bonds. The molecule has 8 heteroatoms. The van der Waals surface area contributed by atoms with Crippen LogP contribution in [0.5, 0.6) is 11.5 Å². The Balaban J connectivity index is 1.15. The lowest BCUT2D eigenvalue weighted by atomic mass is 9.85. The summed E-state index contributed by atoms with van der Waals surface area (Å²) in [5.41, 5.74) is 4.69. The van der Waals surface area contributed by atoms with Crippen LogP contribution in [-0.2, 0) is 0 Å².